The molecule has 0 amide bonds. The minimum Gasteiger partial charge on any atom is -0.480 e. The average Bonchev–Trinajstić information content (AvgIpc) is 2.69. The van der Waals surface area contributed by atoms with Crippen LogP contribution in [0.1, 0.15) is 11.6 Å². The van der Waals surface area contributed by atoms with Crippen LogP contribution in [0.3, 0.4) is 0 Å². The number of benzene rings is 3. The molecule has 0 aliphatic carbocycles. The van der Waals surface area contributed by atoms with Crippen molar-refractivity contribution in [2.75, 3.05) is 6.26 Å². The third kappa shape index (κ3) is 4.67. The first-order valence-electron chi connectivity index (χ1n) is 8.45. The number of carboxylic acid groups (broad SMARTS) is 1. The van der Waals surface area contributed by atoms with E-state index in [0.29, 0.717) is 27.7 Å². The zero-order valence-corrected chi connectivity index (χ0v) is 16.1. The highest BCUT2D eigenvalue weighted by atomic mass is 32.2. The summed E-state index contributed by atoms with van der Waals surface area (Å²) in [5.41, 5.74) is 7.11. The summed E-state index contributed by atoms with van der Waals surface area (Å²) in [6, 6.07) is 12.9. The molecule has 3 aromatic rings. The predicted octanol–water partition coefficient (Wildman–Crippen LogP) is 4.25. The van der Waals surface area contributed by atoms with Gasteiger partial charge in [-0.25, -0.2) is 8.78 Å². The van der Waals surface area contributed by atoms with Gasteiger partial charge in [-0.1, -0.05) is 18.2 Å². The van der Waals surface area contributed by atoms with E-state index in [1.165, 1.54) is 18.2 Å². The molecule has 0 fully saturated rings. The summed E-state index contributed by atoms with van der Waals surface area (Å²) >= 11 is 0. The van der Waals surface area contributed by atoms with Crippen molar-refractivity contribution in [1.29, 1.82) is 0 Å². The van der Waals surface area contributed by atoms with Crippen molar-refractivity contribution in [3.63, 3.8) is 0 Å². The van der Waals surface area contributed by atoms with Crippen LogP contribution >= 0.6 is 0 Å². The van der Waals surface area contributed by atoms with Crippen molar-refractivity contribution >= 4 is 16.8 Å². The number of halogens is 2. The van der Waals surface area contributed by atoms with Crippen molar-refractivity contribution in [2.45, 2.75) is 10.9 Å². The van der Waals surface area contributed by atoms with Crippen LogP contribution in [0.4, 0.5) is 8.78 Å². The molecule has 0 bridgehead atoms. The molecule has 5 nitrogen and oxygen atoms in total. The van der Waals surface area contributed by atoms with Gasteiger partial charge in [0, 0.05) is 33.6 Å². The van der Waals surface area contributed by atoms with Gasteiger partial charge >= 0.3 is 5.97 Å². The van der Waals surface area contributed by atoms with Crippen LogP contribution in [0.25, 0.3) is 11.1 Å². The van der Waals surface area contributed by atoms with Gasteiger partial charge in [-0.3, -0.25) is 9.00 Å². The Labute approximate surface area is 168 Å². The lowest BCUT2D eigenvalue weighted by molar-refractivity contribution is -0.138. The highest BCUT2D eigenvalue weighted by Gasteiger charge is 2.18. The number of nitrogens with two attached hydrogens (primary N) is 1. The molecule has 3 N–H and O–H groups in total. The lowest BCUT2D eigenvalue weighted by atomic mass is 9.98. The van der Waals surface area contributed by atoms with Gasteiger partial charge in [-0.2, -0.15) is 0 Å². The maximum atomic E-state index is 14.0. The summed E-state index contributed by atoms with van der Waals surface area (Å²) in [6.45, 7) is 0. The van der Waals surface area contributed by atoms with Gasteiger partial charge in [-0.15, -0.1) is 0 Å². The second kappa shape index (κ2) is 8.50. The normalized spacial score (nSPS) is 13.0. The molecule has 0 aliphatic rings. The number of rotatable bonds is 6. The van der Waals surface area contributed by atoms with Crippen LogP contribution in [-0.2, 0) is 15.6 Å². The fourth-order valence-corrected chi connectivity index (χ4v) is 3.22. The first kappa shape index (κ1) is 20.6. The molecular weight excluding hydrogens is 400 g/mol. The minimum atomic E-state index is -1.26. The second-order valence-electron chi connectivity index (χ2n) is 6.23. The summed E-state index contributed by atoms with van der Waals surface area (Å²) in [5.74, 6) is -2.78. The Kier molecular flexibility index (Phi) is 6.05. The van der Waals surface area contributed by atoms with E-state index in [1.807, 2.05) is 0 Å². The molecule has 0 aliphatic heterocycles. The third-order valence-corrected chi connectivity index (χ3v) is 5.18. The Balaban J connectivity index is 2.09. The molecule has 0 spiro atoms. The van der Waals surface area contributed by atoms with Gasteiger partial charge < -0.3 is 15.6 Å². The Bertz CT molecular complexity index is 1090. The van der Waals surface area contributed by atoms with Crippen LogP contribution < -0.4 is 10.5 Å². The summed E-state index contributed by atoms with van der Waals surface area (Å²) in [6.07, 6.45) is 1.55. The zero-order valence-electron chi connectivity index (χ0n) is 15.3. The van der Waals surface area contributed by atoms with Crippen molar-refractivity contribution in [3.05, 3.63) is 77.9 Å². The monoisotopic (exact) mass is 417 g/mol. The number of carbonyl (C=O) groups is 1. The summed E-state index contributed by atoms with van der Waals surface area (Å²) in [5, 5.41) is 9.19. The molecule has 0 heterocycles. The summed E-state index contributed by atoms with van der Waals surface area (Å²) in [4.78, 5) is 11.9. The highest BCUT2D eigenvalue weighted by Crippen LogP contribution is 2.36. The number of hydrogen-bond donors (Lipinski definition) is 2. The van der Waals surface area contributed by atoms with E-state index in [2.05, 4.69) is 0 Å². The molecule has 3 rings (SSSR count). The predicted molar refractivity (Wildman–Crippen MR) is 105 cm³/mol. The highest BCUT2D eigenvalue weighted by molar-refractivity contribution is 7.84. The standard InChI is InChI=1S/C21H17F2NO4S/c1-29(27)15-6-2-12(3-7-15)16-10-13(20(24)21(25)26)4-8-18(16)28-19-9-5-14(22)11-17(19)23/h2-11,20H,24H2,1H3,(H,25,26). The Morgan fingerprint density at radius 1 is 1.03 bits per heavy atom. The lowest BCUT2D eigenvalue weighted by Crippen LogP contribution is -2.20. The van der Waals surface area contributed by atoms with Crippen LogP contribution in [0, 0.1) is 11.6 Å². The van der Waals surface area contributed by atoms with E-state index in [0.717, 1.165) is 12.1 Å². The van der Waals surface area contributed by atoms with Gasteiger partial charge in [0.2, 0.25) is 0 Å². The van der Waals surface area contributed by atoms with Gasteiger partial charge in [0.1, 0.15) is 17.6 Å². The molecule has 3 aromatic carbocycles. The third-order valence-electron chi connectivity index (χ3n) is 4.24. The van der Waals surface area contributed by atoms with E-state index in [9.17, 15) is 22.9 Å². The van der Waals surface area contributed by atoms with E-state index < -0.39 is 34.4 Å². The van der Waals surface area contributed by atoms with E-state index in [1.54, 1.807) is 30.5 Å². The molecule has 8 heteroatoms. The number of carboxylic acids is 1. The van der Waals surface area contributed by atoms with E-state index in [-0.39, 0.29) is 11.5 Å². The van der Waals surface area contributed by atoms with Crippen LogP contribution in [-0.4, -0.2) is 21.5 Å². The van der Waals surface area contributed by atoms with Crippen molar-refractivity contribution in [3.8, 4) is 22.6 Å². The van der Waals surface area contributed by atoms with Crippen LogP contribution in [0.5, 0.6) is 11.5 Å². The SMILES string of the molecule is CS(=O)c1ccc(-c2cc(C(N)C(=O)O)ccc2Oc2ccc(F)cc2F)cc1. The Morgan fingerprint density at radius 2 is 1.69 bits per heavy atom. The maximum Gasteiger partial charge on any atom is 0.325 e. The summed E-state index contributed by atoms with van der Waals surface area (Å²) in [7, 11) is -1.17. The molecule has 0 saturated heterocycles. The number of hydrogen-bond acceptors (Lipinski definition) is 4. The molecular formula is C21H17F2NO4S. The Morgan fingerprint density at radius 3 is 2.28 bits per heavy atom. The average molecular weight is 417 g/mol. The fourth-order valence-electron chi connectivity index (χ4n) is 2.70. The zero-order chi connectivity index (χ0) is 21.1. The molecule has 0 saturated carbocycles. The molecule has 0 aromatic heterocycles. The van der Waals surface area contributed by atoms with Crippen molar-refractivity contribution in [1.82, 2.24) is 0 Å². The minimum absolute atomic E-state index is 0.186. The Hall–Kier alpha value is -3.10. The first-order chi connectivity index (χ1) is 13.8. The largest absolute Gasteiger partial charge is 0.480 e. The van der Waals surface area contributed by atoms with Gasteiger partial charge in [0.15, 0.2) is 11.6 Å². The van der Waals surface area contributed by atoms with Crippen molar-refractivity contribution in [2.24, 2.45) is 5.73 Å². The van der Waals surface area contributed by atoms with Crippen LogP contribution in [0.15, 0.2) is 65.6 Å². The summed E-state index contributed by atoms with van der Waals surface area (Å²) < 4.78 is 44.4. The van der Waals surface area contributed by atoms with Gasteiger partial charge in [0.05, 0.1) is 0 Å². The topological polar surface area (TPSA) is 89.6 Å². The smallest absolute Gasteiger partial charge is 0.325 e. The lowest BCUT2D eigenvalue weighted by Gasteiger charge is -2.15. The first-order valence-corrected chi connectivity index (χ1v) is 10.0. The number of ether oxygens (including phenoxy) is 1. The fraction of sp³-hybridized carbons (Fsp3) is 0.0952. The van der Waals surface area contributed by atoms with Crippen LogP contribution in [0.2, 0.25) is 0 Å². The second-order valence-corrected chi connectivity index (χ2v) is 7.61. The number of aliphatic carboxylic acids is 1. The molecule has 150 valence electrons. The van der Waals surface area contributed by atoms with Gasteiger partial charge in [-0.05, 0) is 47.5 Å². The van der Waals surface area contributed by atoms with Gasteiger partial charge in [0.25, 0.3) is 0 Å². The molecule has 2 atom stereocenters. The quantitative estimate of drug-likeness (QED) is 0.626. The molecule has 29 heavy (non-hydrogen) atoms. The van der Waals surface area contributed by atoms with E-state index in [4.69, 9.17) is 10.5 Å². The molecule has 0 radical (unpaired) electrons. The molecule has 2 unspecified atom stereocenters. The maximum absolute atomic E-state index is 14.0. The van der Waals surface area contributed by atoms with E-state index >= 15 is 0 Å². The van der Waals surface area contributed by atoms with Crippen molar-refractivity contribution < 1.29 is 27.6 Å².